The van der Waals surface area contributed by atoms with Crippen molar-refractivity contribution in [3.05, 3.63) is 59.7 Å². The third-order valence-corrected chi connectivity index (χ3v) is 4.36. The lowest BCUT2D eigenvalue weighted by molar-refractivity contribution is -0.255. The Morgan fingerprint density at radius 3 is 2.67 bits per heavy atom. The van der Waals surface area contributed by atoms with E-state index in [0.717, 1.165) is 41.1 Å². The summed E-state index contributed by atoms with van der Waals surface area (Å²) < 4.78 is 5.27. The highest BCUT2D eigenvalue weighted by molar-refractivity contribution is 5.87. The number of carbonyl (C=O) groups is 1. The van der Waals surface area contributed by atoms with Crippen molar-refractivity contribution in [3.63, 3.8) is 0 Å². The second kappa shape index (κ2) is 5.53. The van der Waals surface area contributed by atoms with Gasteiger partial charge in [-0.25, -0.2) is 4.98 Å². The average molecular weight is 319 g/mol. The quantitative estimate of drug-likeness (QED) is 0.741. The van der Waals surface area contributed by atoms with Crippen molar-refractivity contribution >= 4 is 28.4 Å². The molecule has 5 heteroatoms. The maximum Gasteiger partial charge on any atom is 0.137 e. The minimum absolute atomic E-state index is 0.175. The number of hydrogen-bond acceptors (Lipinski definition) is 5. The largest absolute Gasteiger partial charge is 0.545 e. The Morgan fingerprint density at radius 2 is 1.96 bits per heavy atom. The maximum absolute atomic E-state index is 10.9. The molecular weight excluding hydrogens is 304 g/mol. The van der Waals surface area contributed by atoms with Crippen molar-refractivity contribution < 1.29 is 14.6 Å². The Hall–Kier alpha value is -3.08. The number of aromatic carboxylic acids is 1. The molecule has 0 saturated carbocycles. The van der Waals surface area contributed by atoms with Gasteiger partial charge in [0.15, 0.2) is 0 Å². The van der Waals surface area contributed by atoms with Gasteiger partial charge in [0.2, 0.25) is 0 Å². The average Bonchev–Trinajstić information content (AvgIpc) is 3.02. The van der Waals surface area contributed by atoms with Crippen LogP contribution in [0.2, 0.25) is 0 Å². The second-order valence-corrected chi connectivity index (χ2v) is 5.77. The summed E-state index contributed by atoms with van der Waals surface area (Å²) in [5.41, 5.74) is 3.17. The Kier molecular flexibility index (Phi) is 3.34. The molecule has 2 heterocycles. The summed E-state index contributed by atoms with van der Waals surface area (Å²) in [6.07, 6.45) is 0.909. The van der Waals surface area contributed by atoms with Gasteiger partial charge >= 0.3 is 0 Å². The number of rotatable bonds is 3. The van der Waals surface area contributed by atoms with Crippen LogP contribution < -0.4 is 14.7 Å². The van der Waals surface area contributed by atoms with E-state index in [2.05, 4.69) is 11.0 Å². The van der Waals surface area contributed by atoms with Crippen LogP contribution in [0.1, 0.15) is 15.9 Å². The predicted molar refractivity (Wildman–Crippen MR) is 89.8 cm³/mol. The number of fused-ring (bicyclic) bond motifs is 2. The van der Waals surface area contributed by atoms with Crippen molar-refractivity contribution in [2.45, 2.75) is 6.42 Å². The van der Waals surface area contributed by atoms with E-state index in [4.69, 9.17) is 9.72 Å². The highest BCUT2D eigenvalue weighted by Crippen LogP contribution is 2.35. The van der Waals surface area contributed by atoms with Crippen LogP contribution in [0.15, 0.2) is 48.5 Å². The Bertz CT molecular complexity index is 935. The van der Waals surface area contributed by atoms with Crippen LogP contribution in [0.5, 0.6) is 5.75 Å². The number of aromatic nitrogens is 1. The van der Waals surface area contributed by atoms with E-state index < -0.39 is 5.97 Å². The molecule has 4 rings (SSSR count). The monoisotopic (exact) mass is 319 g/mol. The molecule has 0 unspecified atom stereocenters. The second-order valence-electron chi connectivity index (χ2n) is 5.77. The number of pyridine rings is 1. The van der Waals surface area contributed by atoms with E-state index >= 15 is 0 Å². The van der Waals surface area contributed by atoms with E-state index in [-0.39, 0.29) is 5.56 Å². The molecule has 1 aromatic heterocycles. The van der Waals surface area contributed by atoms with Gasteiger partial charge in [-0.15, -0.1) is 0 Å². The van der Waals surface area contributed by atoms with E-state index in [1.54, 1.807) is 31.4 Å². The van der Waals surface area contributed by atoms with Crippen molar-refractivity contribution in [1.29, 1.82) is 0 Å². The van der Waals surface area contributed by atoms with Gasteiger partial charge in [-0.3, -0.25) is 0 Å². The number of hydrogen-bond donors (Lipinski definition) is 0. The molecule has 1 aliphatic heterocycles. The number of nitrogens with zero attached hydrogens (tertiary/aromatic N) is 2. The lowest BCUT2D eigenvalue weighted by Crippen LogP contribution is -2.22. The van der Waals surface area contributed by atoms with Crippen LogP contribution in [0, 0.1) is 0 Å². The minimum atomic E-state index is -1.17. The SMILES string of the molecule is COc1ccc2cc3c(nc2c1)N(c1ccc(C(=O)[O-])cc1)CC3. The van der Waals surface area contributed by atoms with Crippen molar-refractivity contribution in [1.82, 2.24) is 4.98 Å². The first-order valence-corrected chi connectivity index (χ1v) is 7.72. The predicted octanol–water partition coefficient (Wildman–Crippen LogP) is 2.30. The summed E-state index contributed by atoms with van der Waals surface area (Å²) in [4.78, 5) is 17.8. The molecule has 1 aliphatic rings. The molecule has 0 N–H and O–H groups in total. The van der Waals surface area contributed by atoms with Gasteiger partial charge < -0.3 is 19.5 Å². The van der Waals surface area contributed by atoms with Gasteiger partial charge in [-0.05, 0) is 47.9 Å². The molecule has 0 saturated heterocycles. The van der Waals surface area contributed by atoms with E-state index in [9.17, 15) is 9.90 Å². The van der Waals surface area contributed by atoms with Crippen LogP contribution in [0.25, 0.3) is 10.9 Å². The molecule has 0 atom stereocenters. The third kappa shape index (κ3) is 2.34. The van der Waals surface area contributed by atoms with Gasteiger partial charge in [0.05, 0.1) is 18.6 Å². The number of ether oxygens (including phenoxy) is 1. The number of methoxy groups -OCH3 is 1. The Labute approximate surface area is 139 Å². The molecule has 0 bridgehead atoms. The molecule has 120 valence electrons. The lowest BCUT2D eigenvalue weighted by Gasteiger charge is -2.19. The number of carboxylic acids is 1. The van der Waals surface area contributed by atoms with Crippen molar-refractivity contribution in [3.8, 4) is 5.75 Å². The zero-order valence-electron chi connectivity index (χ0n) is 13.2. The molecule has 5 nitrogen and oxygen atoms in total. The van der Waals surface area contributed by atoms with Gasteiger partial charge in [-0.2, -0.15) is 0 Å². The molecule has 0 spiro atoms. The minimum Gasteiger partial charge on any atom is -0.545 e. The topological polar surface area (TPSA) is 65.5 Å². The number of benzene rings is 2. The molecule has 0 aliphatic carbocycles. The fourth-order valence-corrected chi connectivity index (χ4v) is 3.09. The highest BCUT2D eigenvalue weighted by atomic mass is 16.5. The molecule has 0 amide bonds. The third-order valence-electron chi connectivity index (χ3n) is 4.36. The zero-order valence-corrected chi connectivity index (χ0v) is 13.2. The number of anilines is 2. The van der Waals surface area contributed by atoms with E-state index in [1.807, 2.05) is 18.2 Å². The smallest absolute Gasteiger partial charge is 0.137 e. The van der Waals surface area contributed by atoms with Crippen molar-refractivity contribution in [2.24, 2.45) is 0 Å². The molecular formula is C19H15N2O3-. The van der Waals surface area contributed by atoms with E-state index in [0.29, 0.717) is 0 Å². The first-order chi connectivity index (χ1) is 11.7. The van der Waals surface area contributed by atoms with Gasteiger partial charge in [0, 0.05) is 23.7 Å². The number of carbonyl (C=O) groups excluding carboxylic acids is 1. The van der Waals surface area contributed by atoms with Crippen LogP contribution >= 0.6 is 0 Å². The summed E-state index contributed by atoms with van der Waals surface area (Å²) in [6, 6.07) is 14.7. The number of carboxylic acid groups (broad SMARTS) is 1. The molecule has 2 aromatic carbocycles. The highest BCUT2D eigenvalue weighted by Gasteiger charge is 2.22. The first kappa shape index (κ1) is 14.5. The van der Waals surface area contributed by atoms with Crippen LogP contribution in [-0.4, -0.2) is 24.6 Å². The zero-order chi connectivity index (χ0) is 16.7. The van der Waals surface area contributed by atoms with Crippen LogP contribution in [0.3, 0.4) is 0 Å². The first-order valence-electron chi connectivity index (χ1n) is 7.72. The molecule has 3 aromatic rings. The summed E-state index contributed by atoms with van der Waals surface area (Å²) in [7, 11) is 1.64. The fraction of sp³-hybridized carbons (Fsp3) is 0.158. The van der Waals surface area contributed by atoms with E-state index in [1.165, 1.54) is 5.56 Å². The Balaban J connectivity index is 1.77. The lowest BCUT2D eigenvalue weighted by atomic mass is 10.1. The molecule has 24 heavy (non-hydrogen) atoms. The summed E-state index contributed by atoms with van der Waals surface area (Å²) in [6.45, 7) is 0.820. The normalized spacial score (nSPS) is 13.1. The summed E-state index contributed by atoms with van der Waals surface area (Å²) in [5, 5.41) is 12.0. The maximum atomic E-state index is 10.9. The van der Waals surface area contributed by atoms with Gasteiger partial charge in [0.25, 0.3) is 0 Å². The fourth-order valence-electron chi connectivity index (χ4n) is 3.09. The molecule has 0 radical (unpaired) electrons. The standard InChI is InChI=1S/C19H16N2O3/c1-24-16-7-4-13-10-14-8-9-21(18(14)20-17(13)11-16)15-5-2-12(3-6-15)19(22)23/h2-7,10-11H,8-9H2,1H3,(H,22,23)/p-1. The van der Waals surface area contributed by atoms with Crippen LogP contribution in [-0.2, 0) is 6.42 Å². The van der Waals surface area contributed by atoms with Gasteiger partial charge in [0.1, 0.15) is 11.6 Å². The summed E-state index contributed by atoms with van der Waals surface area (Å²) in [5.74, 6) is 0.523. The molecule has 0 fully saturated rings. The summed E-state index contributed by atoms with van der Waals surface area (Å²) >= 11 is 0. The van der Waals surface area contributed by atoms with Crippen molar-refractivity contribution in [2.75, 3.05) is 18.6 Å². The van der Waals surface area contributed by atoms with Crippen LogP contribution in [0.4, 0.5) is 11.5 Å². The van der Waals surface area contributed by atoms with Gasteiger partial charge in [-0.1, -0.05) is 12.1 Å². The Morgan fingerprint density at radius 1 is 1.17 bits per heavy atom.